The second-order valence-electron chi connectivity index (χ2n) is 7.39. The molecule has 1 aromatic heterocycles. The van der Waals surface area contributed by atoms with Crippen molar-refractivity contribution in [3.63, 3.8) is 0 Å². The quantitative estimate of drug-likeness (QED) is 0.669. The van der Waals surface area contributed by atoms with Gasteiger partial charge in [-0.2, -0.15) is 5.10 Å². The number of guanidine groups is 1. The number of hydrogen-bond donors (Lipinski definition) is 1. The first-order valence-electron chi connectivity index (χ1n) is 8.62. The molecule has 134 valence electrons. The number of hydrogen-bond acceptors (Lipinski definition) is 3. The van der Waals surface area contributed by atoms with Crippen LogP contribution in [-0.4, -0.2) is 59.3 Å². The summed E-state index contributed by atoms with van der Waals surface area (Å²) in [7, 11) is 1.86. The molecule has 0 atom stereocenters. The summed E-state index contributed by atoms with van der Waals surface area (Å²) in [4.78, 5) is 21.1. The van der Waals surface area contributed by atoms with Crippen molar-refractivity contribution >= 4 is 17.6 Å². The Hall–Kier alpha value is -2.05. The Bertz CT molecular complexity index is 586. The number of piperazine rings is 1. The van der Waals surface area contributed by atoms with Gasteiger partial charge in [0, 0.05) is 39.4 Å². The van der Waals surface area contributed by atoms with Crippen LogP contribution >= 0.6 is 0 Å². The minimum absolute atomic E-state index is 0.0793. The van der Waals surface area contributed by atoms with Crippen LogP contribution in [0.4, 0.5) is 5.69 Å². The lowest BCUT2D eigenvalue weighted by Crippen LogP contribution is -2.55. The molecule has 1 N–H and O–H groups in total. The third-order valence-electron chi connectivity index (χ3n) is 3.98. The van der Waals surface area contributed by atoms with Crippen LogP contribution in [0.3, 0.4) is 0 Å². The third-order valence-corrected chi connectivity index (χ3v) is 3.98. The van der Waals surface area contributed by atoms with Gasteiger partial charge >= 0.3 is 0 Å². The van der Waals surface area contributed by atoms with Gasteiger partial charge < -0.3 is 15.1 Å². The van der Waals surface area contributed by atoms with Crippen LogP contribution in [0.25, 0.3) is 0 Å². The summed E-state index contributed by atoms with van der Waals surface area (Å²) < 4.78 is 1.72. The Labute approximate surface area is 144 Å². The fourth-order valence-corrected chi connectivity index (χ4v) is 2.60. The molecule has 0 aromatic carbocycles. The first-order valence-corrected chi connectivity index (χ1v) is 8.62. The summed E-state index contributed by atoms with van der Waals surface area (Å²) in [5.74, 6) is 0.914. The van der Waals surface area contributed by atoms with Gasteiger partial charge in [0.05, 0.1) is 11.9 Å². The van der Waals surface area contributed by atoms with Crippen molar-refractivity contribution in [1.29, 1.82) is 0 Å². The lowest BCUT2D eigenvalue weighted by atomic mass is 9.92. The first kappa shape index (κ1) is 18.3. The van der Waals surface area contributed by atoms with E-state index in [0.29, 0.717) is 13.1 Å². The van der Waals surface area contributed by atoms with Crippen LogP contribution in [0.5, 0.6) is 0 Å². The lowest BCUT2D eigenvalue weighted by Gasteiger charge is -2.35. The molecule has 2 rings (SSSR count). The number of carbonyl (C=O) groups excluding carboxylic acids is 1. The van der Waals surface area contributed by atoms with Crippen molar-refractivity contribution in [2.24, 2.45) is 17.5 Å². The summed E-state index contributed by atoms with van der Waals surface area (Å²) in [6, 6.07) is 0. The molecule has 0 spiro atoms. The molecule has 1 aromatic rings. The Morgan fingerprint density at radius 1 is 1.38 bits per heavy atom. The molecule has 0 radical (unpaired) electrons. The molecular weight excluding hydrogens is 304 g/mol. The zero-order chi connectivity index (χ0) is 17.7. The molecule has 24 heavy (non-hydrogen) atoms. The number of nitrogens with one attached hydrogen (secondary N) is 1. The molecule has 2 heterocycles. The molecule has 0 aliphatic carbocycles. The maximum atomic E-state index is 12.5. The van der Waals surface area contributed by atoms with Crippen LogP contribution in [0.2, 0.25) is 0 Å². The van der Waals surface area contributed by atoms with Crippen LogP contribution < -0.4 is 10.2 Å². The molecule has 1 aliphatic heterocycles. The number of carbonyl (C=O) groups is 1. The van der Waals surface area contributed by atoms with Crippen molar-refractivity contribution in [3.8, 4) is 0 Å². The van der Waals surface area contributed by atoms with E-state index in [0.717, 1.165) is 37.7 Å². The predicted octanol–water partition coefficient (Wildman–Crippen LogP) is 1.47. The summed E-state index contributed by atoms with van der Waals surface area (Å²) >= 11 is 0. The van der Waals surface area contributed by atoms with Gasteiger partial charge in [0.25, 0.3) is 0 Å². The van der Waals surface area contributed by atoms with E-state index in [9.17, 15) is 4.79 Å². The van der Waals surface area contributed by atoms with E-state index in [1.807, 2.05) is 25.1 Å². The zero-order valence-corrected chi connectivity index (χ0v) is 15.5. The average Bonchev–Trinajstić information content (AvgIpc) is 2.91. The van der Waals surface area contributed by atoms with E-state index >= 15 is 0 Å². The minimum Gasteiger partial charge on any atom is -0.357 e. The van der Waals surface area contributed by atoms with Crippen LogP contribution in [0.1, 0.15) is 34.1 Å². The van der Waals surface area contributed by atoms with Crippen LogP contribution in [-0.2, 0) is 11.8 Å². The van der Waals surface area contributed by atoms with Crippen molar-refractivity contribution in [1.82, 2.24) is 20.0 Å². The maximum Gasteiger partial charge on any atom is 0.246 e. The lowest BCUT2D eigenvalue weighted by molar-refractivity contribution is -0.120. The fourth-order valence-electron chi connectivity index (χ4n) is 2.60. The number of rotatable bonds is 4. The Morgan fingerprint density at radius 2 is 2.12 bits per heavy atom. The highest BCUT2D eigenvalue weighted by atomic mass is 16.2. The molecular formula is C17H30N6O. The fraction of sp³-hybridized carbons (Fsp3) is 0.706. The van der Waals surface area contributed by atoms with Crippen molar-refractivity contribution in [2.45, 2.75) is 34.1 Å². The molecule has 1 amide bonds. The van der Waals surface area contributed by atoms with Gasteiger partial charge in [-0.15, -0.1) is 0 Å². The standard InChI is InChI=1S/C17H30N6O/c1-6-18-16(19-8-7-17(2,3)4)22-9-10-23(15(24)13-22)14-11-20-21(5)12-14/h11-12H,6-10,13H2,1-5H3,(H,18,19). The summed E-state index contributed by atoms with van der Waals surface area (Å²) in [5, 5.41) is 7.45. The number of amides is 1. The van der Waals surface area contributed by atoms with E-state index in [1.54, 1.807) is 15.8 Å². The molecule has 7 heteroatoms. The molecule has 0 bridgehead atoms. The normalized spacial score (nSPS) is 16.7. The molecule has 1 fully saturated rings. The average molecular weight is 334 g/mol. The van der Waals surface area contributed by atoms with Gasteiger partial charge in [-0.3, -0.25) is 14.5 Å². The van der Waals surface area contributed by atoms with E-state index in [4.69, 9.17) is 4.99 Å². The topological polar surface area (TPSA) is 65.8 Å². The molecule has 0 saturated carbocycles. The van der Waals surface area contributed by atoms with Crippen molar-refractivity contribution in [2.75, 3.05) is 37.6 Å². The van der Waals surface area contributed by atoms with E-state index in [2.05, 4.69) is 31.2 Å². The predicted molar refractivity (Wildman–Crippen MR) is 97.2 cm³/mol. The van der Waals surface area contributed by atoms with E-state index < -0.39 is 0 Å². The molecule has 7 nitrogen and oxygen atoms in total. The highest BCUT2D eigenvalue weighted by Crippen LogP contribution is 2.19. The second kappa shape index (κ2) is 7.68. The highest BCUT2D eigenvalue weighted by Gasteiger charge is 2.27. The number of aromatic nitrogens is 2. The van der Waals surface area contributed by atoms with Gasteiger partial charge in [-0.1, -0.05) is 20.8 Å². The summed E-state index contributed by atoms with van der Waals surface area (Å²) in [6.45, 7) is 12.0. The summed E-state index contributed by atoms with van der Waals surface area (Å²) in [5.41, 5.74) is 1.12. The van der Waals surface area contributed by atoms with Gasteiger partial charge in [-0.25, -0.2) is 0 Å². The largest absolute Gasteiger partial charge is 0.357 e. The third kappa shape index (κ3) is 4.97. The Balaban J connectivity index is 2.00. The van der Waals surface area contributed by atoms with Crippen molar-refractivity contribution < 1.29 is 4.79 Å². The van der Waals surface area contributed by atoms with Gasteiger partial charge in [0.15, 0.2) is 5.96 Å². The number of aliphatic imine (C=N–C) groups is 1. The zero-order valence-electron chi connectivity index (χ0n) is 15.5. The van der Waals surface area contributed by atoms with Gasteiger partial charge in [0.1, 0.15) is 6.54 Å². The first-order chi connectivity index (χ1) is 11.3. The van der Waals surface area contributed by atoms with Crippen LogP contribution in [0.15, 0.2) is 17.4 Å². The molecule has 1 aliphatic rings. The number of anilines is 1. The minimum atomic E-state index is 0.0793. The molecule has 1 saturated heterocycles. The Morgan fingerprint density at radius 3 is 2.67 bits per heavy atom. The molecule has 0 unspecified atom stereocenters. The maximum absolute atomic E-state index is 12.5. The second-order valence-corrected chi connectivity index (χ2v) is 7.39. The Kier molecular flexibility index (Phi) is 5.85. The van der Waals surface area contributed by atoms with Gasteiger partial charge in [0.2, 0.25) is 5.91 Å². The smallest absolute Gasteiger partial charge is 0.246 e. The van der Waals surface area contributed by atoms with E-state index in [1.165, 1.54) is 0 Å². The SMILES string of the molecule is CCNC(=NCCC(C)(C)C)N1CCN(c2cnn(C)c2)C(=O)C1. The van der Waals surface area contributed by atoms with Crippen molar-refractivity contribution in [3.05, 3.63) is 12.4 Å². The monoisotopic (exact) mass is 334 g/mol. The van der Waals surface area contributed by atoms with Crippen LogP contribution in [0, 0.1) is 5.41 Å². The van der Waals surface area contributed by atoms with Gasteiger partial charge in [-0.05, 0) is 18.8 Å². The highest BCUT2D eigenvalue weighted by molar-refractivity contribution is 5.98. The van der Waals surface area contributed by atoms with E-state index in [-0.39, 0.29) is 11.3 Å². The summed E-state index contributed by atoms with van der Waals surface area (Å²) in [6.07, 6.45) is 4.62. The number of aryl methyl sites for hydroxylation is 1. The number of nitrogens with zero attached hydrogens (tertiary/aromatic N) is 5.